The van der Waals surface area contributed by atoms with Crippen LogP contribution in [0.1, 0.15) is 11.1 Å². The third-order valence-electron chi connectivity index (χ3n) is 2.10. The molecule has 0 amide bonds. The summed E-state index contributed by atoms with van der Waals surface area (Å²) in [5.41, 5.74) is 0.437. The molecule has 1 aromatic carbocycles. The number of carbonyl (C=O) groups is 1. The number of hydrogen-bond donors (Lipinski definition) is 0. The van der Waals surface area contributed by atoms with E-state index in [2.05, 4.69) is 5.10 Å². The van der Waals surface area contributed by atoms with Crippen molar-refractivity contribution < 1.29 is 18.0 Å². The molecule has 0 fully saturated rings. The lowest BCUT2D eigenvalue weighted by Crippen LogP contribution is -2.32. The van der Waals surface area contributed by atoms with Gasteiger partial charge < -0.3 is 5.01 Å². The summed E-state index contributed by atoms with van der Waals surface area (Å²) in [5.74, 6) is -1.94. The summed E-state index contributed by atoms with van der Waals surface area (Å²) in [4.78, 5) is 11.3. The molecule has 0 aliphatic carbocycles. The van der Waals surface area contributed by atoms with E-state index >= 15 is 0 Å². The Balaban J connectivity index is 3.23. The third-order valence-corrected chi connectivity index (χ3v) is 2.10. The van der Waals surface area contributed by atoms with E-state index in [1.165, 1.54) is 31.2 Å². The number of ketones is 1. The predicted molar refractivity (Wildman–Crippen MR) is 62.5 cm³/mol. The number of hydrogen-bond acceptors (Lipinski definition) is 3. The summed E-state index contributed by atoms with van der Waals surface area (Å²) < 4.78 is 37.4. The number of Topliss-reactive ketones (excluding diaryl/α,β-unsaturated/α-hetero) is 1. The Labute approximate surface area is 103 Å². The van der Waals surface area contributed by atoms with Crippen molar-refractivity contribution in [2.75, 3.05) is 14.1 Å². The lowest BCUT2D eigenvalue weighted by molar-refractivity contribution is -0.163. The van der Waals surface area contributed by atoms with Crippen LogP contribution in [0.25, 0.3) is 0 Å². The minimum Gasteiger partial charge on any atom is -0.302 e. The Morgan fingerprint density at radius 2 is 1.67 bits per heavy atom. The zero-order valence-corrected chi connectivity index (χ0v) is 10.2. The fraction of sp³-hybridized carbons (Fsp3) is 0.333. The monoisotopic (exact) mass is 258 g/mol. The van der Waals surface area contributed by atoms with Gasteiger partial charge in [0.25, 0.3) is 5.78 Å². The number of alkyl halides is 3. The van der Waals surface area contributed by atoms with Gasteiger partial charge in [0.05, 0.1) is 0 Å². The van der Waals surface area contributed by atoms with Gasteiger partial charge in [-0.15, -0.1) is 0 Å². The average Bonchev–Trinajstić information content (AvgIpc) is 2.25. The maximum absolute atomic E-state index is 12.5. The van der Waals surface area contributed by atoms with Crippen LogP contribution in [0.15, 0.2) is 29.4 Å². The molecule has 0 aliphatic rings. The zero-order chi connectivity index (χ0) is 13.9. The van der Waals surface area contributed by atoms with Crippen molar-refractivity contribution in [2.24, 2.45) is 5.10 Å². The highest BCUT2D eigenvalue weighted by Crippen LogP contribution is 2.20. The van der Waals surface area contributed by atoms with Crippen molar-refractivity contribution in [3.05, 3.63) is 35.4 Å². The molecule has 0 bridgehead atoms. The quantitative estimate of drug-likeness (QED) is 0.616. The molecule has 18 heavy (non-hydrogen) atoms. The SMILES string of the molecule is Cc1ccc(/C(=N/N(C)C)C(=O)C(F)(F)F)cc1. The van der Waals surface area contributed by atoms with Gasteiger partial charge >= 0.3 is 6.18 Å². The molecule has 0 unspecified atom stereocenters. The van der Waals surface area contributed by atoms with Gasteiger partial charge in [-0.1, -0.05) is 29.8 Å². The Morgan fingerprint density at radius 1 is 1.17 bits per heavy atom. The highest BCUT2D eigenvalue weighted by atomic mass is 19.4. The van der Waals surface area contributed by atoms with Gasteiger partial charge in [-0.3, -0.25) is 4.79 Å². The van der Waals surface area contributed by atoms with Crippen LogP contribution < -0.4 is 0 Å². The second-order valence-corrected chi connectivity index (χ2v) is 3.99. The number of rotatable bonds is 3. The molecule has 98 valence electrons. The molecule has 0 spiro atoms. The molecule has 0 saturated heterocycles. The van der Waals surface area contributed by atoms with Crippen LogP contribution in [0.2, 0.25) is 0 Å². The van der Waals surface area contributed by atoms with Crippen LogP contribution in [-0.4, -0.2) is 36.8 Å². The maximum Gasteiger partial charge on any atom is 0.456 e. The van der Waals surface area contributed by atoms with Gasteiger partial charge in [-0.05, 0) is 6.92 Å². The normalized spacial score (nSPS) is 12.4. The number of benzene rings is 1. The fourth-order valence-electron chi connectivity index (χ4n) is 1.28. The van der Waals surface area contributed by atoms with E-state index in [0.29, 0.717) is 0 Å². The lowest BCUT2D eigenvalue weighted by Gasteiger charge is -2.12. The first-order chi connectivity index (χ1) is 8.21. The van der Waals surface area contributed by atoms with Crippen molar-refractivity contribution in [1.82, 2.24) is 5.01 Å². The predicted octanol–water partition coefficient (Wildman–Crippen LogP) is 2.39. The first-order valence-corrected chi connectivity index (χ1v) is 5.16. The largest absolute Gasteiger partial charge is 0.456 e. The summed E-state index contributed by atoms with van der Waals surface area (Å²) in [6.45, 7) is 1.80. The summed E-state index contributed by atoms with van der Waals surface area (Å²) >= 11 is 0. The molecule has 0 atom stereocenters. The Bertz CT molecular complexity index is 461. The highest BCUT2D eigenvalue weighted by molar-refractivity contribution is 6.47. The van der Waals surface area contributed by atoms with Crippen molar-refractivity contribution in [1.29, 1.82) is 0 Å². The Morgan fingerprint density at radius 3 is 2.06 bits per heavy atom. The van der Waals surface area contributed by atoms with Gasteiger partial charge in [-0.25, -0.2) is 0 Å². The van der Waals surface area contributed by atoms with Crippen LogP contribution in [0.4, 0.5) is 13.2 Å². The second kappa shape index (κ2) is 5.20. The molecule has 3 nitrogen and oxygen atoms in total. The number of nitrogens with zero attached hydrogens (tertiary/aromatic N) is 2. The summed E-state index contributed by atoms with van der Waals surface area (Å²) in [6.07, 6.45) is -4.93. The Hall–Kier alpha value is -1.85. The molecule has 0 radical (unpaired) electrons. The van der Waals surface area contributed by atoms with E-state index in [4.69, 9.17) is 0 Å². The smallest absolute Gasteiger partial charge is 0.302 e. The maximum atomic E-state index is 12.5. The van der Waals surface area contributed by atoms with E-state index < -0.39 is 17.7 Å². The van der Waals surface area contributed by atoms with E-state index in [1.54, 1.807) is 19.1 Å². The van der Waals surface area contributed by atoms with Gasteiger partial charge in [-0.2, -0.15) is 18.3 Å². The lowest BCUT2D eigenvalue weighted by atomic mass is 10.0. The summed E-state index contributed by atoms with van der Waals surface area (Å²) in [7, 11) is 2.91. The molecule has 0 N–H and O–H groups in total. The minimum atomic E-state index is -4.93. The van der Waals surface area contributed by atoms with Gasteiger partial charge in [0.1, 0.15) is 5.71 Å². The molecule has 1 rings (SSSR count). The van der Waals surface area contributed by atoms with E-state index in [0.717, 1.165) is 5.56 Å². The van der Waals surface area contributed by atoms with Crippen molar-refractivity contribution in [2.45, 2.75) is 13.1 Å². The minimum absolute atomic E-state index is 0.150. The zero-order valence-electron chi connectivity index (χ0n) is 10.2. The first kappa shape index (κ1) is 14.2. The van der Waals surface area contributed by atoms with E-state index in [9.17, 15) is 18.0 Å². The molecule has 0 aromatic heterocycles. The Kier molecular flexibility index (Phi) is 4.11. The summed E-state index contributed by atoms with van der Waals surface area (Å²) in [5, 5.41) is 4.79. The summed E-state index contributed by atoms with van der Waals surface area (Å²) in [6, 6.07) is 6.15. The molecule has 0 aliphatic heterocycles. The van der Waals surface area contributed by atoms with Crippen LogP contribution in [0.3, 0.4) is 0 Å². The topological polar surface area (TPSA) is 32.7 Å². The standard InChI is InChI=1S/C12H13F3N2O/c1-8-4-6-9(7-5-8)10(16-17(2)3)11(18)12(13,14)15/h4-7H,1-3H3/b16-10-. The first-order valence-electron chi connectivity index (χ1n) is 5.16. The van der Waals surface area contributed by atoms with Gasteiger partial charge in [0.15, 0.2) is 0 Å². The molecule has 1 aromatic rings. The number of aryl methyl sites for hydroxylation is 1. The molecule has 0 saturated carbocycles. The van der Waals surface area contributed by atoms with Crippen molar-refractivity contribution in [3.8, 4) is 0 Å². The molecular weight excluding hydrogens is 245 g/mol. The van der Waals surface area contributed by atoms with Crippen LogP contribution in [-0.2, 0) is 4.79 Å². The van der Waals surface area contributed by atoms with E-state index in [1.807, 2.05) is 0 Å². The van der Waals surface area contributed by atoms with Crippen molar-refractivity contribution in [3.63, 3.8) is 0 Å². The van der Waals surface area contributed by atoms with E-state index in [-0.39, 0.29) is 5.56 Å². The molecular formula is C12H13F3N2O. The molecule has 0 heterocycles. The third kappa shape index (κ3) is 3.58. The van der Waals surface area contributed by atoms with Gasteiger partial charge in [0, 0.05) is 19.7 Å². The van der Waals surface area contributed by atoms with Crippen LogP contribution >= 0.6 is 0 Å². The number of hydrazone groups is 1. The second-order valence-electron chi connectivity index (χ2n) is 3.99. The fourth-order valence-corrected chi connectivity index (χ4v) is 1.28. The van der Waals surface area contributed by atoms with Crippen LogP contribution in [0, 0.1) is 6.92 Å². The number of carbonyl (C=O) groups excluding carboxylic acids is 1. The number of halogens is 3. The highest BCUT2D eigenvalue weighted by Gasteiger charge is 2.42. The van der Waals surface area contributed by atoms with Crippen molar-refractivity contribution >= 4 is 11.5 Å². The van der Waals surface area contributed by atoms with Gasteiger partial charge in [0.2, 0.25) is 0 Å². The average molecular weight is 258 g/mol. The van der Waals surface area contributed by atoms with Crippen LogP contribution in [0.5, 0.6) is 0 Å². The molecule has 6 heteroatoms.